The Labute approximate surface area is 183 Å². The van der Waals surface area contributed by atoms with Crippen LogP contribution in [0, 0.1) is 0 Å². The van der Waals surface area contributed by atoms with Gasteiger partial charge in [-0.2, -0.15) is 0 Å². The van der Waals surface area contributed by atoms with E-state index in [2.05, 4.69) is 41.4 Å². The summed E-state index contributed by atoms with van der Waals surface area (Å²) < 4.78 is 25.9. The highest BCUT2D eigenvalue weighted by Crippen LogP contribution is 2.23. The van der Waals surface area contributed by atoms with Crippen LogP contribution in [0.4, 0.5) is 0 Å². The minimum atomic E-state index is -3.64. The van der Waals surface area contributed by atoms with Crippen LogP contribution in [0.15, 0.2) is 47.4 Å². The summed E-state index contributed by atoms with van der Waals surface area (Å²) >= 11 is 6.20. The monoisotopic (exact) mass is 449 g/mol. The summed E-state index contributed by atoms with van der Waals surface area (Å²) in [6.45, 7) is 4.39. The Morgan fingerprint density at radius 3 is 2.57 bits per heavy atom. The highest BCUT2D eigenvalue weighted by Gasteiger charge is 2.24. The lowest BCUT2D eigenvalue weighted by molar-refractivity contribution is 0.0926. The Morgan fingerprint density at radius 2 is 1.90 bits per heavy atom. The van der Waals surface area contributed by atoms with Crippen molar-refractivity contribution in [2.24, 2.45) is 0 Å². The van der Waals surface area contributed by atoms with Crippen molar-refractivity contribution in [3.63, 3.8) is 0 Å². The van der Waals surface area contributed by atoms with E-state index in [1.54, 1.807) is 0 Å². The maximum Gasteiger partial charge on any atom is 0.252 e. The van der Waals surface area contributed by atoms with Gasteiger partial charge in [-0.05, 0) is 42.2 Å². The molecule has 0 spiro atoms. The molecule has 2 aromatic carbocycles. The predicted molar refractivity (Wildman–Crippen MR) is 119 cm³/mol. The number of sulfonamides is 1. The Hall–Kier alpha value is -1.93. The fraction of sp³-hybridized carbons (Fsp3) is 0.409. The van der Waals surface area contributed by atoms with E-state index in [0.717, 1.165) is 30.2 Å². The van der Waals surface area contributed by atoms with Crippen LogP contribution in [0.1, 0.15) is 34.8 Å². The third-order valence-corrected chi connectivity index (χ3v) is 7.75. The number of amides is 1. The van der Waals surface area contributed by atoms with Gasteiger partial charge in [0, 0.05) is 39.8 Å². The van der Waals surface area contributed by atoms with Gasteiger partial charge >= 0.3 is 0 Å². The van der Waals surface area contributed by atoms with Gasteiger partial charge in [0.1, 0.15) is 0 Å². The molecule has 1 amide bonds. The van der Waals surface area contributed by atoms with Gasteiger partial charge in [-0.1, -0.05) is 42.8 Å². The van der Waals surface area contributed by atoms with Crippen LogP contribution < -0.4 is 5.32 Å². The molecule has 0 saturated carbocycles. The largest absolute Gasteiger partial charge is 0.350 e. The zero-order chi connectivity index (χ0) is 21.9. The molecule has 0 bridgehead atoms. The van der Waals surface area contributed by atoms with Crippen molar-refractivity contribution in [3.05, 3.63) is 64.2 Å². The number of hydrogen-bond acceptors (Lipinski definition) is 4. The van der Waals surface area contributed by atoms with Crippen LogP contribution in [0.3, 0.4) is 0 Å². The van der Waals surface area contributed by atoms with Gasteiger partial charge in [-0.15, -0.1) is 0 Å². The van der Waals surface area contributed by atoms with Gasteiger partial charge in [0.2, 0.25) is 10.0 Å². The van der Waals surface area contributed by atoms with E-state index in [-0.39, 0.29) is 27.4 Å². The van der Waals surface area contributed by atoms with Gasteiger partial charge in [0.25, 0.3) is 5.91 Å². The van der Waals surface area contributed by atoms with Crippen molar-refractivity contribution in [2.45, 2.75) is 37.2 Å². The highest BCUT2D eigenvalue weighted by molar-refractivity contribution is 7.89. The lowest BCUT2D eigenvalue weighted by atomic mass is 9.98. The zero-order valence-corrected chi connectivity index (χ0v) is 19.1. The minimum Gasteiger partial charge on any atom is -0.350 e. The zero-order valence-electron chi connectivity index (χ0n) is 17.6. The van der Waals surface area contributed by atoms with E-state index in [1.165, 1.54) is 43.4 Å². The SMILES string of the molecule is CCC(CNC(=O)c1cc(S(=O)(=O)N(C)C)ccc1Cl)N1CCc2ccccc2C1. The second-order valence-corrected chi connectivity index (χ2v) is 10.2. The normalized spacial score (nSPS) is 15.6. The molecule has 0 fully saturated rings. The van der Waals surface area contributed by atoms with E-state index in [9.17, 15) is 13.2 Å². The average Bonchev–Trinajstić information content (AvgIpc) is 2.74. The van der Waals surface area contributed by atoms with Gasteiger partial charge in [-0.25, -0.2) is 12.7 Å². The number of halogens is 1. The molecule has 0 aliphatic carbocycles. The summed E-state index contributed by atoms with van der Waals surface area (Å²) in [5.74, 6) is -0.369. The number of hydrogen-bond donors (Lipinski definition) is 1. The van der Waals surface area contributed by atoms with E-state index >= 15 is 0 Å². The molecule has 8 heteroatoms. The Kier molecular flexibility index (Phi) is 7.18. The molecule has 0 saturated heterocycles. The third-order valence-electron chi connectivity index (χ3n) is 5.61. The maximum atomic E-state index is 12.8. The third kappa shape index (κ3) is 4.86. The molecule has 1 unspecified atom stereocenters. The smallest absolute Gasteiger partial charge is 0.252 e. The van der Waals surface area contributed by atoms with Gasteiger partial charge in [0.05, 0.1) is 15.5 Å². The average molecular weight is 450 g/mol. The van der Waals surface area contributed by atoms with Crippen molar-refractivity contribution in [1.82, 2.24) is 14.5 Å². The molecule has 1 N–H and O–H groups in total. The van der Waals surface area contributed by atoms with Crippen LogP contribution in [-0.2, 0) is 23.0 Å². The molecule has 1 aliphatic rings. The molecular weight excluding hydrogens is 422 g/mol. The summed E-state index contributed by atoms with van der Waals surface area (Å²) in [7, 11) is -0.743. The van der Waals surface area contributed by atoms with Gasteiger partial charge < -0.3 is 5.32 Å². The molecule has 0 aromatic heterocycles. The molecule has 0 radical (unpaired) electrons. The quantitative estimate of drug-likeness (QED) is 0.704. The van der Waals surface area contributed by atoms with E-state index in [4.69, 9.17) is 11.6 Å². The molecule has 1 aliphatic heterocycles. The first-order chi connectivity index (χ1) is 14.2. The van der Waals surface area contributed by atoms with Crippen LogP contribution in [0.5, 0.6) is 0 Å². The topological polar surface area (TPSA) is 69.7 Å². The summed E-state index contributed by atoms with van der Waals surface area (Å²) in [5.41, 5.74) is 2.88. The van der Waals surface area contributed by atoms with Crippen LogP contribution in [-0.4, -0.2) is 56.8 Å². The number of benzene rings is 2. The lowest BCUT2D eigenvalue weighted by Gasteiger charge is -2.35. The predicted octanol–water partition coefficient (Wildman–Crippen LogP) is 3.16. The van der Waals surface area contributed by atoms with Crippen molar-refractivity contribution >= 4 is 27.5 Å². The maximum absolute atomic E-state index is 12.8. The number of nitrogens with zero attached hydrogens (tertiary/aromatic N) is 2. The highest BCUT2D eigenvalue weighted by atomic mass is 35.5. The second kappa shape index (κ2) is 9.47. The number of fused-ring (bicyclic) bond motifs is 1. The Morgan fingerprint density at radius 1 is 1.20 bits per heavy atom. The van der Waals surface area contributed by atoms with Crippen molar-refractivity contribution < 1.29 is 13.2 Å². The van der Waals surface area contributed by atoms with Crippen molar-refractivity contribution in [1.29, 1.82) is 0 Å². The van der Waals surface area contributed by atoms with E-state index < -0.39 is 10.0 Å². The molecule has 2 aromatic rings. The van der Waals surface area contributed by atoms with Crippen LogP contribution in [0.25, 0.3) is 0 Å². The van der Waals surface area contributed by atoms with E-state index in [1.807, 2.05) is 0 Å². The molecule has 1 atom stereocenters. The Bertz CT molecular complexity index is 1020. The molecule has 30 heavy (non-hydrogen) atoms. The molecule has 162 valence electrons. The van der Waals surface area contributed by atoms with Crippen molar-refractivity contribution in [3.8, 4) is 0 Å². The summed E-state index contributed by atoms with van der Waals surface area (Å²) in [6, 6.07) is 12.8. The van der Waals surface area contributed by atoms with Crippen LogP contribution >= 0.6 is 11.6 Å². The first-order valence-corrected chi connectivity index (χ1v) is 11.9. The molecular formula is C22H28ClN3O3S. The molecule has 3 rings (SSSR count). The second-order valence-electron chi connectivity index (χ2n) is 7.69. The number of carbonyl (C=O) groups is 1. The first kappa shape index (κ1) is 22.7. The lowest BCUT2D eigenvalue weighted by Crippen LogP contribution is -2.45. The Balaban J connectivity index is 1.70. The summed E-state index contributed by atoms with van der Waals surface area (Å²) in [6.07, 6.45) is 1.89. The number of carbonyl (C=O) groups excluding carboxylic acids is 1. The standard InChI is InChI=1S/C22H28ClN3O3S/c1-4-18(26-12-11-16-7-5-6-8-17(16)15-26)14-24-22(27)20-13-19(9-10-21(20)23)30(28,29)25(2)3/h5-10,13,18H,4,11-12,14-15H2,1-3H3,(H,24,27). The fourth-order valence-electron chi connectivity index (χ4n) is 3.72. The van der Waals surface area contributed by atoms with Gasteiger partial charge in [0.15, 0.2) is 0 Å². The summed E-state index contributed by atoms with van der Waals surface area (Å²) in [4.78, 5) is 15.2. The van der Waals surface area contributed by atoms with Gasteiger partial charge in [-0.3, -0.25) is 9.69 Å². The molecule has 1 heterocycles. The van der Waals surface area contributed by atoms with E-state index in [0.29, 0.717) is 6.54 Å². The fourth-order valence-corrected chi connectivity index (χ4v) is 4.85. The van der Waals surface area contributed by atoms with Crippen LogP contribution in [0.2, 0.25) is 5.02 Å². The summed E-state index contributed by atoms with van der Waals surface area (Å²) in [5, 5.41) is 3.17. The number of rotatable bonds is 7. The molecule has 6 nitrogen and oxygen atoms in total. The number of nitrogens with one attached hydrogen (secondary N) is 1. The van der Waals surface area contributed by atoms with Crippen molar-refractivity contribution in [2.75, 3.05) is 27.2 Å². The first-order valence-electron chi connectivity index (χ1n) is 10.0. The minimum absolute atomic E-state index is 0.0433.